The van der Waals surface area contributed by atoms with Crippen molar-refractivity contribution in [3.8, 4) is 0 Å². The van der Waals surface area contributed by atoms with Crippen LogP contribution < -0.4 is 0 Å². The fourth-order valence-electron chi connectivity index (χ4n) is 3.70. The van der Waals surface area contributed by atoms with Crippen molar-refractivity contribution in [1.82, 2.24) is 14.7 Å². The maximum atomic E-state index is 12.4. The molecular weight excluding hydrogens is 310 g/mol. The average molecular weight is 335 g/mol. The molecule has 5 nitrogen and oxygen atoms in total. The number of likely N-dealkylation sites (tertiary alicyclic amines) is 2. The second-order valence-electron chi connectivity index (χ2n) is 6.93. The van der Waals surface area contributed by atoms with Crippen molar-refractivity contribution in [2.24, 2.45) is 5.41 Å². The van der Waals surface area contributed by atoms with Crippen molar-refractivity contribution >= 4 is 23.3 Å². The van der Waals surface area contributed by atoms with E-state index in [4.69, 9.17) is 0 Å². The molecule has 0 radical (unpaired) electrons. The third kappa shape index (κ3) is 3.37. The Balaban J connectivity index is 1.53. The van der Waals surface area contributed by atoms with Crippen molar-refractivity contribution in [3.63, 3.8) is 0 Å². The standard InChI is InChI=1S/C17H25N3O2S/c1-18(2)16(22)20-11-7-17(8-12-20)5-9-19(10-6-17)15(21)14-4-3-13-23-14/h3-4,13H,5-12H2,1-2H3. The summed E-state index contributed by atoms with van der Waals surface area (Å²) < 4.78 is 0. The second kappa shape index (κ2) is 6.51. The van der Waals surface area contributed by atoms with Gasteiger partial charge in [-0.2, -0.15) is 0 Å². The Bertz CT molecular complexity index is 552. The van der Waals surface area contributed by atoms with Gasteiger partial charge in [0.05, 0.1) is 4.88 Å². The second-order valence-corrected chi connectivity index (χ2v) is 7.88. The number of rotatable bonds is 1. The molecule has 0 aromatic carbocycles. The summed E-state index contributed by atoms with van der Waals surface area (Å²) in [7, 11) is 3.61. The lowest BCUT2D eigenvalue weighted by molar-refractivity contribution is 0.0351. The van der Waals surface area contributed by atoms with Gasteiger partial charge in [0.25, 0.3) is 5.91 Å². The van der Waals surface area contributed by atoms with Crippen molar-refractivity contribution in [1.29, 1.82) is 0 Å². The SMILES string of the molecule is CN(C)C(=O)N1CCC2(CCN(C(=O)c3cccs3)CC2)CC1. The molecule has 3 amide bonds. The van der Waals surface area contributed by atoms with E-state index in [1.807, 2.05) is 27.3 Å². The number of hydrogen-bond acceptors (Lipinski definition) is 3. The molecule has 1 aromatic rings. The molecule has 0 atom stereocenters. The number of hydrogen-bond donors (Lipinski definition) is 0. The summed E-state index contributed by atoms with van der Waals surface area (Å²) in [5, 5.41) is 1.95. The molecule has 2 fully saturated rings. The summed E-state index contributed by atoms with van der Waals surface area (Å²) in [6.45, 7) is 3.38. The van der Waals surface area contributed by atoms with Crippen LogP contribution in [0.5, 0.6) is 0 Å². The van der Waals surface area contributed by atoms with E-state index in [0.29, 0.717) is 5.41 Å². The lowest BCUT2D eigenvalue weighted by Gasteiger charge is -2.47. The zero-order chi connectivity index (χ0) is 16.4. The van der Waals surface area contributed by atoms with E-state index in [1.54, 1.807) is 19.0 Å². The van der Waals surface area contributed by atoms with Gasteiger partial charge < -0.3 is 14.7 Å². The predicted octanol–water partition coefficient (Wildman–Crippen LogP) is 2.75. The zero-order valence-electron chi connectivity index (χ0n) is 14.0. The first-order valence-electron chi connectivity index (χ1n) is 8.30. The number of piperidine rings is 2. The third-order valence-corrected chi connectivity index (χ3v) is 6.18. The summed E-state index contributed by atoms with van der Waals surface area (Å²) in [5.41, 5.74) is 0.329. The minimum Gasteiger partial charge on any atom is -0.338 e. The van der Waals surface area contributed by atoms with Gasteiger partial charge in [-0.3, -0.25) is 4.79 Å². The highest BCUT2D eigenvalue weighted by atomic mass is 32.1. The van der Waals surface area contributed by atoms with Crippen molar-refractivity contribution in [2.75, 3.05) is 40.3 Å². The molecule has 2 saturated heterocycles. The molecule has 23 heavy (non-hydrogen) atoms. The highest BCUT2D eigenvalue weighted by Gasteiger charge is 2.39. The van der Waals surface area contributed by atoms with Gasteiger partial charge in [0.2, 0.25) is 0 Å². The van der Waals surface area contributed by atoms with Crippen LogP contribution >= 0.6 is 11.3 Å². The molecule has 0 N–H and O–H groups in total. The van der Waals surface area contributed by atoms with Crippen LogP contribution in [0.1, 0.15) is 35.4 Å². The Labute approximate surface area is 141 Å². The third-order valence-electron chi connectivity index (χ3n) is 5.32. The fourth-order valence-corrected chi connectivity index (χ4v) is 4.39. The van der Waals surface area contributed by atoms with Gasteiger partial charge in [0, 0.05) is 40.3 Å². The lowest BCUT2D eigenvalue weighted by atomic mass is 9.71. The molecule has 1 aromatic heterocycles. The Hall–Kier alpha value is -1.56. The van der Waals surface area contributed by atoms with Crippen LogP contribution in [0.15, 0.2) is 17.5 Å². The molecule has 126 valence electrons. The van der Waals surface area contributed by atoms with E-state index >= 15 is 0 Å². The van der Waals surface area contributed by atoms with E-state index in [0.717, 1.165) is 56.7 Å². The van der Waals surface area contributed by atoms with E-state index in [-0.39, 0.29) is 11.9 Å². The van der Waals surface area contributed by atoms with Crippen LogP contribution in [0, 0.1) is 5.41 Å². The van der Waals surface area contributed by atoms with E-state index < -0.39 is 0 Å². The number of thiophene rings is 1. The molecular formula is C17H25N3O2S. The van der Waals surface area contributed by atoms with Gasteiger partial charge in [-0.1, -0.05) is 6.07 Å². The number of nitrogens with zero attached hydrogens (tertiary/aromatic N) is 3. The topological polar surface area (TPSA) is 43.9 Å². The Morgan fingerprint density at radius 2 is 1.61 bits per heavy atom. The van der Waals surface area contributed by atoms with Gasteiger partial charge in [-0.05, 0) is 42.5 Å². The summed E-state index contributed by atoms with van der Waals surface area (Å²) in [6.07, 6.45) is 4.25. The Morgan fingerprint density at radius 1 is 1.04 bits per heavy atom. The number of urea groups is 1. The molecule has 2 aliphatic heterocycles. The van der Waals surface area contributed by atoms with Crippen LogP contribution in [-0.2, 0) is 0 Å². The van der Waals surface area contributed by atoms with E-state index in [9.17, 15) is 9.59 Å². The summed E-state index contributed by atoms with van der Waals surface area (Å²) in [5.74, 6) is 0.176. The van der Waals surface area contributed by atoms with Crippen molar-refractivity contribution in [3.05, 3.63) is 22.4 Å². The lowest BCUT2D eigenvalue weighted by Crippen LogP contribution is -2.51. The van der Waals surface area contributed by atoms with Gasteiger partial charge in [0.1, 0.15) is 0 Å². The summed E-state index contributed by atoms with van der Waals surface area (Å²) in [4.78, 5) is 30.9. The monoisotopic (exact) mass is 335 g/mol. The smallest absolute Gasteiger partial charge is 0.319 e. The van der Waals surface area contributed by atoms with Crippen molar-refractivity contribution < 1.29 is 9.59 Å². The van der Waals surface area contributed by atoms with Gasteiger partial charge >= 0.3 is 6.03 Å². The maximum absolute atomic E-state index is 12.4. The Morgan fingerprint density at radius 3 is 2.09 bits per heavy atom. The zero-order valence-corrected chi connectivity index (χ0v) is 14.8. The van der Waals surface area contributed by atoms with Crippen LogP contribution in [0.2, 0.25) is 0 Å². The molecule has 0 aliphatic carbocycles. The molecule has 2 aliphatic rings. The van der Waals surface area contributed by atoms with Gasteiger partial charge in [0.15, 0.2) is 0 Å². The fraction of sp³-hybridized carbons (Fsp3) is 0.647. The molecule has 1 spiro atoms. The first kappa shape index (κ1) is 16.3. The molecule has 6 heteroatoms. The highest BCUT2D eigenvalue weighted by Crippen LogP contribution is 2.41. The molecule has 3 rings (SSSR count). The van der Waals surface area contributed by atoms with E-state index in [1.165, 1.54) is 11.3 Å². The highest BCUT2D eigenvalue weighted by molar-refractivity contribution is 7.12. The summed E-state index contributed by atoms with van der Waals surface area (Å²) >= 11 is 1.52. The molecule has 0 saturated carbocycles. The normalized spacial score (nSPS) is 20.6. The summed E-state index contributed by atoms with van der Waals surface area (Å²) in [6, 6.07) is 3.95. The van der Waals surface area contributed by atoms with E-state index in [2.05, 4.69) is 0 Å². The first-order valence-corrected chi connectivity index (χ1v) is 9.18. The molecule has 0 unspecified atom stereocenters. The van der Waals surface area contributed by atoms with Crippen LogP contribution in [-0.4, -0.2) is 66.9 Å². The number of amides is 3. The van der Waals surface area contributed by atoms with Crippen molar-refractivity contribution in [2.45, 2.75) is 25.7 Å². The molecule has 0 bridgehead atoms. The van der Waals surface area contributed by atoms with Crippen LogP contribution in [0.3, 0.4) is 0 Å². The van der Waals surface area contributed by atoms with Crippen LogP contribution in [0.4, 0.5) is 4.79 Å². The Kier molecular flexibility index (Phi) is 4.62. The maximum Gasteiger partial charge on any atom is 0.319 e. The number of carbonyl (C=O) groups is 2. The van der Waals surface area contributed by atoms with Gasteiger partial charge in [-0.15, -0.1) is 11.3 Å². The quantitative estimate of drug-likeness (QED) is 0.792. The largest absolute Gasteiger partial charge is 0.338 e. The minimum atomic E-state index is 0.116. The average Bonchev–Trinajstić information content (AvgIpc) is 3.09. The molecule has 3 heterocycles. The minimum absolute atomic E-state index is 0.116. The van der Waals surface area contributed by atoms with Gasteiger partial charge in [-0.25, -0.2) is 4.79 Å². The number of carbonyl (C=O) groups excluding carboxylic acids is 2. The first-order chi connectivity index (χ1) is 11.0. The predicted molar refractivity (Wildman–Crippen MR) is 91.8 cm³/mol. The van der Waals surface area contributed by atoms with Crippen LogP contribution in [0.25, 0.3) is 0 Å².